The van der Waals surface area contributed by atoms with Crippen LogP contribution in [0.5, 0.6) is 0 Å². The van der Waals surface area contributed by atoms with E-state index in [-0.39, 0.29) is 18.3 Å². The summed E-state index contributed by atoms with van der Waals surface area (Å²) in [5.41, 5.74) is 1.27. The zero-order valence-corrected chi connectivity index (χ0v) is 11.6. The minimum absolute atomic E-state index is 0.110. The second kappa shape index (κ2) is 6.33. The van der Waals surface area contributed by atoms with Crippen LogP contribution in [0.15, 0.2) is 53.0 Å². The number of carbonyl (C=O) groups is 1. The molecule has 0 aliphatic heterocycles. The maximum Gasteiger partial charge on any atom is 0.243 e. The van der Waals surface area contributed by atoms with Gasteiger partial charge in [0.1, 0.15) is 5.82 Å². The smallest absolute Gasteiger partial charge is 0.243 e. The van der Waals surface area contributed by atoms with Gasteiger partial charge in [-0.1, -0.05) is 18.2 Å². The zero-order valence-electron chi connectivity index (χ0n) is 9.99. The first-order valence-corrected chi connectivity index (χ1v) is 6.48. The van der Waals surface area contributed by atoms with Crippen LogP contribution in [0.4, 0.5) is 15.8 Å². The van der Waals surface area contributed by atoms with Gasteiger partial charge in [0, 0.05) is 15.8 Å². The van der Waals surface area contributed by atoms with Crippen LogP contribution in [0.2, 0.25) is 0 Å². The molecular weight excluding hydrogens is 311 g/mol. The summed E-state index contributed by atoms with van der Waals surface area (Å²) in [5.74, 6) is -0.613. The molecule has 0 radical (unpaired) electrons. The van der Waals surface area contributed by atoms with Crippen molar-refractivity contribution in [1.82, 2.24) is 0 Å². The molecule has 0 fully saturated rings. The number of rotatable bonds is 4. The maximum atomic E-state index is 12.9. The fourth-order valence-electron chi connectivity index (χ4n) is 1.55. The van der Waals surface area contributed by atoms with E-state index in [0.717, 1.165) is 10.2 Å². The highest BCUT2D eigenvalue weighted by atomic mass is 79.9. The summed E-state index contributed by atoms with van der Waals surface area (Å²) in [4.78, 5) is 11.7. The number of nitrogens with one attached hydrogen (secondary N) is 2. The Kier molecular flexibility index (Phi) is 4.52. The highest BCUT2D eigenvalue weighted by molar-refractivity contribution is 9.10. The lowest BCUT2D eigenvalue weighted by Crippen LogP contribution is -2.21. The number of anilines is 2. The molecular formula is C14H12BrFN2O. The molecule has 2 N–H and O–H groups in total. The molecule has 0 atom stereocenters. The average molecular weight is 323 g/mol. The molecule has 0 aliphatic rings. The number of benzene rings is 2. The molecule has 19 heavy (non-hydrogen) atoms. The van der Waals surface area contributed by atoms with Crippen molar-refractivity contribution in [2.24, 2.45) is 0 Å². The molecule has 0 bridgehead atoms. The third-order valence-electron chi connectivity index (χ3n) is 2.42. The lowest BCUT2D eigenvalue weighted by molar-refractivity contribution is -0.114. The van der Waals surface area contributed by atoms with Gasteiger partial charge < -0.3 is 10.6 Å². The fourth-order valence-corrected chi connectivity index (χ4v) is 1.98. The van der Waals surface area contributed by atoms with Crippen molar-refractivity contribution in [3.05, 3.63) is 58.8 Å². The molecule has 5 heteroatoms. The van der Waals surface area contributed by atoms with Crippen molar-refractivity contribution in [3.63, 3.8) is 0 Å². The summed E-state index contributed by atoms with van der Waals surface area (Å²) in [6, 6.07) is 13.3. The predicted octanol–water partition coefficient (Wildman–Crippen LogP) is 3.64. The second-order valence-electron chi connectivity index (χ2n) is 3.89. The Labute approximate surface area is 119 Å². The summed E-state index contributed by atoms with van der Waals surface area (Å²) in [6.07, 6.45) is 0. The van der Waals surface area contributed by atoms with Crippen LogP contribution in [0, 0.1) is 5.82 Å². The largest absolute Gasteiger partial charge is 0.375 e. The van der Waals surface area contributed by atoms with Crippen molar-refractivity contribution in [3.8, 4) is 0 Å². The van der Waals surface area contributed by atoms with Gasteiger partial charge in [-0.2, -0.15) is 0 Å². The van der Waals surface area contributed by atoms with Crippen molar-refractivity contribution >= 4 is 33.2 Å². The zero-order chi connectivity index (χ0) is 13.7. The summed E-state index contributed by atoms with van der Waals surface area (Å²) < 4.78 is 13.8. The van der Waals surface area contributed by atoms with Crippen molar-refractivity contribution in [1.29, 1.82) is 0 Å². The van der Waals surface area contributed by atoms with Gasteiger partial charge >= 0.3 is 0 Å². The monoisotopic (exact) mass is 322 g/mol. The second-order valence-corrected chi connectivity index (χ2v) is 4.75. The lowest BCUT2D eigenvalue weighted by atomic mass is 10.3. The topological polar surface area (TPSA) is 41.1 Å². The van der Waals surface area contributed by atoms with E-state index in [1.807, 2.05) is 24.3 Å². The molecule has 1 amide bonds. The minimum atomic E-state index is -0.378. The number of para-hydroxylation sites is 1. The molecule has 2 rings (SSSR count). The van der Waals surface area contributed by atoms with Crippen molar-refractivity contribution < 1.29 is 9.18 Å². The Morgan fingerprint density at radius 1 is 1.16 bits per heavy atom. The van der Waals surface area contributed by atoms with E-state index in [2.05, 4.69) is 26.6 Å². The summed E-state index contributed by atoms with van der Waals surface area (Å²) in [7, 11) is 0. The van der Waals surface area contributed by atoms with Crippen LogP contribution in [-0.2, 0) is 4.79 Å². The standard InChI is InChI=1S/C14H12BrFN2O/c15-12-6-1-2-7-13(12)17-9-14(19)18-11-5-3-4-10(16)8-11/h1-8,17H,9H2,(H,18,19). The first-order chi connectivity index (χ1) is 9.15. The van der Waals surface area contributed by atoms with Crippen LogP contribution in [-0.4, -0.2) is 12.5 Å². The van der Waals surface area contributed by atoms with Crippen LogP contribution < -0.4 is 10.6 Å². The summed E-state index contributed by atoms with van der Waals surface area (Å²) >= 11 is 3.38. The summed E-state index contributed by atoms with van der Waals surface area (Å²) in [6.45, 7) is 0.110. The Bertz CT molecular complexity index is 589. The number of amides is 1. The highest BCUT2D eigenvalue weighted by Crippen LogP contribution is 2.20. The lowest BCUT2D eigenvalue weighted by Gasteiger charge is -2.09. The number of hydrogen-bond acceptors (Lipinski definition) is 2. The minimum Gasteiger partial charge on any atom is -0.375 e. The Hall–Kier alpha value is -1.88. The Balaban J connectivity index is 1.90. The molecule has 98 valence electrons. The molecule has 0 spiro atoms. The number of halogens is 2. The van der Waals surface area contributed by atoms with Gasteiger partial charge in [-0.05, 0) is 46.3 Å². The van der Waals surface area contributed by atoms with Crippen LogP contribution in [0.3, 0.4) is 0 Å². The van der Waals surface area contributed by atoms with E-state index in [1.165, 1.54) is 12.1 Å². The molecule has 0 saturated heterocycles. The van der Waals surface area contributed by atoms with Crippen LogP contribution in [0.25, 0.3) is 0 Å². The molecule has 0 aliphatic carbocycles. The van der Waals surface area contributed by atoms with Crippen LogP contribution >= 0.6 is 15.9 Å². The van der Waals surface area contributed by atoms with Crippen molar-refractivity contribution in [2.45, 2.75) is 0 Å². The number of hydrogen-bond donors (Lipinski definition) is 2. The molecule has 2 aromatic carbocycles. The summed E-state index contributed by atoms with van der Waals surface area (Å²) in [5, 5.41) is 5.61. The molecule has 0 unspecified atom stereocenters. The first kappa shape index (κ1) is 13.5. The first-order valence-electron chi connectivity index (χ1n) is 5.69. The third kappa shape index (κ3) is 4.06. The van der Waals surface area contributed by atoms with Gasteiger partial charge in [0.25, 0.3) is 0 Å². The van der Waals surface area contributed by atoms with E-state index in [4.69, 9.17) is 0 Å². The molecule has 0 heterocycles. The van der Waals surface area contributed by atoms with E-state index < -0.39 is 0 Å². The molecule has 3 nitrogen and oxygen atoms in total. The van der Waals surface area contributed by atoms with Crippen molar-refractivity contribution in [2.75, 3.05) is 17.2 Å². The molecule has 0 saturated carbocycles. The fraction of sp³-hybridized carbons (Fsp3) is 0.0714. The van der Waals surface area contributed by atoms with Gasteiger partial charge in [-0.15, -0.1) is 0 Å². The Morgan fingerprint density at radius 3 is 2.68 bits per heavy atom. The van der Waals surface area contributed by atoms with E-state index in [9.17, 15) is 9.18 Å². The SMILES string of the molecule is O=C(CNc1ccccc1Br)Nc1cccc(F)c1. The number of carbonyl (C=O) groups excluding carboxylic acids is 1. The van der Waals surface area contributed by atoms with E-state index in [1.54, 1.807) is 12.1 Å². The third-order valence-corrected chi connectivity index (χ3v) is 3.11. The molecule has 2 aromatic rings. The van der Waals surface area contributed by atoms with E-state index in [0.29, 0.717) is 5.69 Å². The van der Waals surface area contributed by atoms with Gasteiger partial charge in [-0.3, -0.25) is 4.79 Å². The highest BCUT2D eigenvalue weighted by Gasteiger charge is 2.04. The van der Waals surface area contributed by atoms with E-state index >= 15 is 0 Å². The Morgan fingerprint density at radius 2 is 1.95 bits per heavy atom. The average Bonchev–Trinajstić information content (AvgIpc) is 2.38. The maximum absolute atomic E-state index is 12.9. The van der Waals surface area contributed by atoms with Gasteiger partial charge in [-0.25, -0.2) is 4.39 Å². The van der Waals surface area contributed by atoms with Gasteiger partial charge in [0.15, 0.2) is 0 Å². The predicted molar refractivity (Wildman–Crippen MR) is 77.7 cm³/mol. The normalized spacial score (nSPS) is 10.0. The quantitative estimate of drug-likeness (QED) is 0.902. The van der Waals surface area contributed by atoms with Gasteiger partial charge in [0.05, 0.1) is 6.54 Å². The van der Waals surface area contributed by atoms with Crippen LogP contribution in [0.1, 0.15) is 0 Å². The van der Waals surface area contributed by atoms with Gasteiger partial charge in [0.2, 0.25) is 5.91 Å². The molecule has 0 aromatic heterocycles.